The summed E-state index contributed by atoms with van der Waals surface area (Å²) in [6, 6.07) is 10.1. The van der Waals surface area contributed by atoms with Crippen LogP contribution in [0.3, 0.4) is 0 Å². The number of rotatable bonds is 7. The van der Waals surface area contributed by atoms with E-state index in [4.69, 9.17) is 0 Å². The van der Waals surface area contributed by atoms with E-state index in [1.54, 1.807) is 0 Å². The highest BCUT2D eigenvalue weighted by atomic mass is 16.3. The van der Waals surface area contributed by atoms with E-state index in [1.807, 2.05) is 30.3 Å². The van der Waals surface area contributed by atoms with Crippen molar-refractivity contribution >= 4 is 5.69 Å². The number of hydrogen-bond acceptors (Lipinski definition) is 2. The molecule has 17 heavy (non-hydrogen) atoms. The van der Waals surface area contributed by atoms with Crippen LogP contribution in [0.15, 0.2) is 30.3 Å². The Balaban J connectivity index is 2.51. The molecule has 2 atom stereocenters. The van der Waals surface area contributed by atoms with Gasteiger partial charge in [-0.2, -0.15) is 0 Å². The average Bonchev–Trinajstić information content (AvgIpc) is 2.37. The molecule has 1 rings (SSSR count). The van der Waals surface area contributed by atoms with Crippen molar-refractivity contribution in [1.29, 1.82) is 0 Å². The number of aliphatic hydroxyl groups is 1. The molecule has 0 saturated heterocycles. The molecule has 0 saturated carbocycles. The first-order chi connectivity index (χ1) is 8.09. The van der Waals surface area contributed by atoms with Gasteiger partial charge in [0.05, 0.1) is 5.60 Å². The van der Waals surface area contributed by atoms with E-state index >= 15 is 0 Å². The summed E-state index contributed by atoms with van der Waals surface area (Å²) in [6.45, 7) is 7.04. The molecule has 0 aliphatic rings. The highest BCUT2D eigenvalue weighted by molar-refractivity contribution is 5.42. The van der Waals surface area contributed by atoms with Crippen LogP contribution in [0.2, 0.25) is 0 Å². The van der Waals surface area contributed by atoms with Gasteiger partial charge in [0.25, 0.3) is 0 Å². The van der Waals surface area contributed by atoms with Crippen LogP contribution in [0.1, 0.15) is 40.0 Å². The van der Waals surface area contributed by atoms with E-state index in [1.165, 1.54) is 0 Å². The van der Waals surface area contributed by atoms with Gasteiger partial charge in [-0.15, -0.1) is 0 Å². The summed E-state index contributed by atoms with van der Waals surface area (Å²) >= 11 is 0. The van der Waals surface area contributed by atoms with E-state index in [0.29, 0.717) is 12.5 Å². The Morgan fingerprint density at radius 1 is 1.24 bits per heavy atom. The fourth-order valence-corrected chi connectivity index (χ4v) is 1.96. The largest absolute Gasteiger partial charge is 0.388 e. The second kappa shape index (κ2) is 6.65. The van der Waals surface area contributed by atoms with Crippen LogP contribution in [0.4, 0.5) is 5.69 Å². The Morgan fingerprint density at radius 3 is 2.41 bits per heavy atom. The molecule has 96 valence electrons. The van der Waals surface area contributed by atoms with E-state index < -0.39 is 5.60 Å². The number of nitrogens with one attached hydrogen (secondary N) is 1. The van der Waals surface area contributed by atoms with Crippen molar-refractivity contribution in [2.75, 3.05) is 11.9 Å². The van der Waals surface area contributed by atoms with Crippen molar-refractivity contribution in [3.8, 4) is 0 Å². The maximum absolute atomic E-state index is 10.5. The predicted molar refractivity (Wildman–Crippen MR) is 74.2 cm³/mol. The molecular weight excluding hydrogens is 210 g/mol. The van der Waals surface area contributed by atoms with Gasteiger partial charge in [0.1, 0.15) is 0 Å². The molecule has 2 N–H and O–H groups in total. The monoisotopic (exact) mass is 235 g/mol. The molecule has 2 unspecified atom stereocenters. The van der Waals surface area contributed by atoms with Crippen molar-refractivity contribution in [3.05, 3.63) is 30.3 Å². The zero-order valence-electron chi connectivity index (χ0n) is 11.2. The number of benzene rings is 1. The molecule has 0 aliphatic heterocycles. The summed E-state index contributed by atoms with van der Waals surface area (Å²) in [5.41, 5.74) is 0.481. The maximum Gasteiger partial charge on any atom is 0.0819 e. The van der Waals surface area contributed by atoms with Gasteiger partial charge in [-0.25, -0.2) is 0 Å². The lowest BCUT2D eigenvalue weighted by atomic mass is 9.88. The second-order valence-corrected chi connectivity index (χ2v) is 5.02. The standard InChI is InChI=1S/C15H25NO/c1-4-13(3)11-15(17,5-2)12-16-14-9-7-6-8-10-14/h6-10,13,16-17H,4-5,11-12H2,1-3H3. The van der Waals surface area contributed by atoms with E-state index in [0.717, 1.165) is 24.9 Å². The Bertz CT molecular complexity index is 312. The van der Waals surface area contributed by atoms with E-state index in [9.17, 15) is 5.11 Å². The molecule has 0 aromatic heterocycles. The minimum Gasteiger partial charge on any atom is -0.388 e. The summed E-state index contributed by atoms with van der Waals surface area (Å²) in [5.74, 6) is 0.567. The number of anilines is 1. The Morgan fingerprint density at radius 2 is 1.88 bits per heavy atom. The van der Waals surface area contributed by atoms with Crippen LogP contribution >= 0.6 is 0 Å². The molecule has 2 heteroatoms. The van der Waals surface area contributed by atoms with Crippen molar-refractivity contribution in [1.82, 2.24) is 0 Å². The van der Waals surface area contributed by atoms with E-state index in [-0.39, 0.29) is 0 Å². The van der Waals surface area contributed by atoms with Gasteiger partial charge in [0.2, 0.25) is 0 Å². The lowest BCUT2D eigenvalue weighted by Gasteiger charge is -2.30. The van der Waals surface area contributed by atoms with Crippen LogP contribution < -0.4 is 5.32 Å². The second-order valence-electron chi connectivity index (χ2n) is 5.02. The van der Waals surface area contributed by atoms with Crippen molar-refractivity contribution in [3.63, 3.8) is 0 Å². The predicted octanol–water partition coefficient (Wildman–Crippen LogP) is 3.68. The van der Waals surface area contributed by atoms with Gasteiger partial charge >= 0.3 is 0 Å². The molecule has 0 aliphatic carbocycles. The van der Waals surface area contributed by atoms with Gasteiger partial charge in [0.15, 0.2) is 0 Å². The zero-order chi connectivity index (χ0) is 12.7. The summed E-state index contributed by atoms with van der Waals surface area (Å²) < 4.78 is 0. The molecule has 0 amide bonds. The third kappa shape index (κ3) is 4.78. The summed E-state index contributed by atoms with van der Waals surface area (Å²) in [5, 5.41) is 13.8. The summed E-state index contributed by atoms with van der Waals surface area (Å²) in [6.07, 6.45) is 2.77. The third-order valence-corrected chi connectivity index (χ3v) is 3.48. The van der Waals surface area contributed by atoms with Gasteiger partial charge in [0, 0.05) is 12.2 Å². The molecule has 0 bridgehead atoms. The molecule has 0 fully saturated rings. The van der Waals surface area contributed by atoms with Crippen molar-refractivity contribution in [2.24, 2.45) is 5.92 Å². The normalized spacial score (nSPS) is 16.2. The Hall–Kier alpha value is -1.02. The topological polar surface area (TPSA) is 32.3 Å². The highest BCUT2D eigenvalue weighted by Gasteiger charge is 2.26. The first-order valence-corrected chi connectivity index (χ1v) is 6.61. The SMILES string of the molecule is CCC(C)CC(O)(CC)CNc1ccccc1. The molecule has 2 nitrogen and oxygen atoms in total. The van der Waals surface area contributed by atoms with Gasteiger partial charge in [-0.3, -0.25) is 0 Å². The first-order valence-electron chi connectivity index (χ1n) is 6.61. The van der Waals surface area contributed by atoms with Gasteiger partial charge < -0.3 is 10.4 Å². The number of para-hydroxylation sites is 1. The van der Waals surface area contributed by atoms with Crippen LogP contribution in [-0.2, 0) is 0 Å². The van der Waals surface area contributed by atoms with Crippen molar-refractivity contribution in [2.45, 2.75) is 45.6 Å². The van der Waals surface area contributed by atoms with Gasteiger partial charge in [-0.05, 0) is 30.9 Å². The first kappa shape index (κ1) is 14.0. The Labute approximate surface area is 105 Å². The van der Waals surface area contributed by atoms with Gasteiger partial charge in [-0.1, -0.05) is 45.4 Å². The lowest BCUT2D eigenvalue weighted by Crippen LogP contribution is -2.38. The molecule has 0 radical (unpaired) electrons. The van der Waals surface area contributed by atoms with E-state index in [2.05, 4.69) is 26.1 Å². The Kier molecular flexibility index (Phi) is 5.49. The number of hydrogen-bond donors (Lipinski definition) is 2. The van der Waals surface area contributed by atoms with Crippen LogP contribution in [-0.4, -0.2) is 17.3 Å². The molecule has 0 spiro atoms. The fraction of sp³-hybridized carbons (Fsp3) is 0.600. The average molecular weight is 235 g/mol. The highest BCUT2D eigenvalue weighted by Crippen LogP contribution is 2.23. The fourth-order valence-electron chi connectivity index (χ4n) is 1.96. The summed E-state index contributed by atoms with van der Waals surface area (Å²) in [4.78, 5) is 0. The summed E-state index contributed by atoms with van der Waals surface area (Å²) in [7, 11) is 0. The minimum absolute atomic E-state index is 0.567. The quantitative estimate of drug-likeness (QED) is 0.755. The minimum atomic E-state index is -0.592. The molecule has 1 aromatic rings. The zero-order valence-corrected chi connectivity index (χ0v) is 11.2. The van der Waals surface area contributed by atoms with Crippen molar-refractivity contribution < 1.29 is 5.11 Å². The van der Waals surface area contributed by atoms with Crippen LogP contribution in [0, 0.1) is 5.92 Å². The molecule has 1 aromatic carbocycles. The smallest absolute Gasteiger partial charge is 0.0819 e. The van der Waals surface area contributed by atoms with Crippen LogP contribution in [0.5, 0.6) is 0 Å². The maximum atomic E-state index is 10.5. The molecular formula is C15H25NO. The lowest BCUT2D eigenvalue weighted by molar-refractivity contribution is 0.0259. The van der Waals surface area contributed by atoms with Crippen LogP contribution in [0.25, 0.3) is 0 Å². The molecule has 0 heterocycles. The third-order valence-electron chi connectivity index (χ3n) is 3.48.